The van der Waals surface area contributed by atoms with Crippen LogP contribution < -0.4 is 4.90 Å². The van der Waals surface area contributed by atoms with Crippen LogP contribution in [0.2, 0.25) is 0 Å². The molecule has 0 spiro atoms. The summed E-state index contributed by atoms with van der Waals surface area (Å²) in [6, 6.07) is 6.66. The van der Waals surface area contributed by atoms with Crippen LogP contribution in [0.3, 0.4) is 0 Å². The molecule has 0 bridgehead atoms. The Labute approximate surface area is 192 Å². The first-order valence-corrected chi connectivity index (χ1v) is 12.4. The second kappa shape index (κ2) is 8.18. The lowest BCUT2D eigenvalue weighted by Crippen LogP contribution is -2.55. The van der Waals surface area contributed by atoms with E-state index in [1.54, 1.807) is 0 Å². The van der Waals surface area contributed by atoms with Crippen LogP contribution in [-0.4, -0.2) is 60.9 Å². The fraction of sp³-hybridized carbons (Fsp3) is 0.667. The maximum atomic E-state index is 12.9. The van der Waals surface area contributed by atoms with E-state index in [-0.39, 0.29) is 29.3 Å². The molecular weight excluding hydrogens is 400 g/mol. The van der Waals surface area contributed by atoms with Gasteiger partial charge in [0.05, 0.1) is 12.0 Å². The third kappa shape index (κ3) is 3.49. The van der Waals surface area contributed by atoms with Gasteiger partial charge in [-0.05, 0) is 44.2 Å². The zero-order chi connectivity index (χ0) is 22.6. The molecule has 2 aliphatic carbocycles. The number of hydrogen-bond acceptors (Lipinski definition) is 5. The van der Waals surface area contributed by atoms with Crippen molar-refractivity contribution in [2.75, 3.05) is 37.6 Å². The zero-order valence-electron chi connectivity index (χ0n) is 20.0. The molecule has 1 saturated carbocycles. The fourth-order valence-electron chi connectivity index (χ4n) is 6.88. The molecule has 6 atom stereocenters. The number of aliphatic hydroxyl groups excluding tert-OH is 1. The fourth-order valence-corrected chi connectivity index (χ4v) is 6.88. The number of piperazine rings is 1. The summed E-state index contributed by atoms with van der Waals surface area (Å²) in [5.74, 6) is 0.000175. The number of esters is 1. The SMILES string of the molecule is Cc1ccc(N2CCN(C[C@H]3C(=O)O[C@@H]4CC5=CCC[C@@H](C)[C@@]5(C)[C@H](O)[C@H]43)CC2)c(C)c1. The number of aryl methyl sites for hydroxylation is 2. The van der Waals surface area contributed by atoms with Gasteiger partial charge in [0, 0.05) is 56.2 Å². The van der Waals surface area contributed by atoms with E-state index >= 15 is 0 Å². The van der Waals surface area contributed by atoms with Gasteiger partial charge in [0.1, 0.15) is 6.10 Å². The highest BCUT2D eigenvalue weighted by molar-refractivity contribution is 5.76. The molecule has 2 heterocycles. The first kappa shape index (κ1) is 22.0. The molecule has 1 aromatic carbocycles. The molecule has 174 valence electrons. The number of carbonyl (C=O) groups excluding carboxylic acids is 1. The van der Waals surface area contributed by atoms with Crippen molar-refractivity contribution >= 4 is 11.7 Å². The first-order valence-electron chi connectivity index (χ1n) is 12.4. The van der Waals surface area contributed by atoms with Crippen molar-refractivity contribution < 1.29 is 14.6 Å². The highest BCUT2D eigenvalue weighted by atomic mass is 16.6. The van der Waals surface area contributed by atoms with Gasteiger partial charge >= 0.3 is 5.97 Å². The smallest absolute Gasteiger partial charge is 0.311 e. The molecule has 2 aliphatic heterocycles. The minimum absolute atomic E-state index is 0.0948. The second-order valence-electron chi connectivity index (χ2n) is 10.9. The molecule has 1 aromatic rings. The van der Waals surface area contributed by atoms with Crippen molar-refractivity contribution in [2.45, 2.75) is 59.2 Å². The van der Waals surface area contributed by atoms with Gasteiger partial charge in [0.2, 0.25) is 0 Å². The summed E-state index contributed by atoms with van der Waals surface area (Å²) < 4.78 is 5.86. The number of ether oxygens (including phenoxy) is 1. The summed E-state index contributed by atoms with van der Waals surface area (Å²) in [5.41, 5.74) is 5.01. The van der Waals surface area contributed by atoms with Gasteiger partial charge in [-0.1, -0.05) is 43.2 Å². The first-order chi connectivity index (χ1) is 15.3. The summed E-state index contributed by atoms with van der Waals surface area (Å²) in [7, 11) is 0. The third-order valence-corrected chi connectivity index (χ3v) is 9.09. The number of benzene rings is 1. The molecular formula is C27H38N2O3. The minimum Gasteiger partial charge on any atom is -0.461 e. The molecule has 0 amide bonds. The van der Waals surface area contributed by atoms with Gasteiger partial charge in [-0.15, -0.1) is 0 Å². The van der Waals surface area contributed by atoms with E-state index in [1.165, 1.54) is 22.4 Å². The quantitative estimate of drug-likeness (QED) is 0.576. The normalized spacial score (nSPS) is 37.5. The van der Waals surface area contributed by atoms with Gasteiger partial charge in [0.25, 0.3) is 0 Å². The lowest BCUT2D eigenvalue weighted by Gasteiger charge is -2.52. The number of aliphatic hydroxyl groups is 1. The molecule has 4 aliphatic rings. The summed E-state index contributed by atoms with van der Waals surface area (Å²) in [6.45, 7) is 13.3. The van der Waals surface area contributed by atoms with Crippen molar-refractivity contribution in [1.82, 2.24) is 4.90 Å². The standard InChI is InChI=1S/C27H38N2O3/c1-17-8-9-22(18(2)14-17)29-12-10-28(11-13-29)16-21-24-23(32-26(21)31)15-20-7-5-6-19(3)27(20,4)25(24)30/h7-9,14,19,21,23-25,30H,5-6,10-13,15-16H2,1-4H3/t19-,21-,23-,24+,25-,27-/m1/s1. The van der Waals surface area contributed by atoms with E-state index in [1.807, 2.05) is 0 Å². The average Bonchev–Trinajstić information content (AvgIpc) is 3.06. The van der Waals surface area contributed by atoms with Gasteiger partial charge in [-0.2, -0.15) is 0 Å². The van der Waals surface area contributed by atoms with Crippen molar-refractivity contribution in [3.8, 4) is 0 Å². The monoisotopic (exact) mass is 438 g/mol. The van der Waals surface area contributed by atoms with Crippen molar-refractivity contribution in [2.24, 2.45) is 23.2 Å². The highest BCUT2D eigenvalue weighted by Crippen LogP contribution is 2.56. The van der Waals surface area contributed by atoms with Crippen LogP contribution in [0.5, 0.6) is 0 Å². The Balaban J connectivity index is 1.27. The van der Waals surface area contributed by atoms with Gasteiger partial charge in [0.15, 0.2) is 0 Å². The van der Waals surface area contributed by atoms with Crippen LogP contribution in [-0.2, 0) is 9.53 Å². The Morgan fingerprint density at radius 3 is 2.66 bits per heavy atom. The Morgan fingerprint density at radius 1 is 1.19 bits per heavy atom. The lowest BCUT2D eigenvalue weighted by atomic mass is 9.55. The maximum absolute atomic E-state index is 12.9. The van der Waals surface area contributed by atoms with E-state index in [4.69, 9.17) is 4.74 Å². The molecule has 3 fully saturated rings. The van der Waals surface area contributed by atoms with Crippen molar-refractivity contribution in [1.29, 1.82) is 0 Å². The average molecular weight is 439 g/mol. The number of carbonyl (C=O) groups is 1. The summed E-state index contributed by atoms with van der Waals surface area (Å²) in [6.07, 6.45) is 4.59. The predicted octanol–water partition coefficient (Wildman–Crippen LogP) is 3.71. The zero-order valence-corrected chi connectivity index (χ0v) is 20.0. The molecule has 0 unspecified atom stereocenters. The number of fused-ring (bicyclic) bond motifs is 2. The Morgan fingerprint density at radius 2 is 1.94 bits per heavy atom. The summed E-state index contributed by atoms with van der Waals surface area (Å²) in [5, 5.41) is 11.6. The van der Waals surface area contributed by atoms with Gasteiger partial charge in [-0.3, -0.25) is 9.69 Å². The van der Waals surface area contributed by atoms with E-state index in [9.17, 15) is 9.90 Å². The molecule has 32 heavy (non-hydrogen) atoms. The van der Waals surface area contributed by atoms with Crippen molar-refractivity contribution in [3.63, 3.8) is 0 Å². The molecule has 5 rings (SSSR count). The largest absolute Gasteiger partial charge is 0.461 e. The van der Waals surface area contributed by atoms with Crippen LogP contribution >= 0.6 is 0 Å². The molecule has 5 heteroatoms. The van der Waals surface area contributed by atoms with E-state index in [0.717, 1.165) is 45.4 Å². The van der Waals surface area contributed by atoms with Crippen LogP contribution in [0.15, 0.2) is 29.8 Å². The highest BCUT2D eigenvalue weighted by Gasteiger charge is 2.59. The third-order valence-electron chi connectivity index (χ3n) is 9.09. The molecule has 5 nitrogen and oxygen atoms in total. The lowest BCUT2D eigenvalue weighted by molar-refractivity contribution is -0.145. The number of allylic oxidation sites excluding steroid dienone is 1. The molecule has 0 radical (unpaired) electrons. The minimum atomic E-state index is -0.518. The Hall–Kier alpha value is -1.85. The van der Waals surface area contributed by atoms with Crippen LogP contribution in [0.4, 0.5) is 5.69 Å². The number of rotatable bonds is 3. The van der Waals surface area contributed by atoms with Gasteiger partial charge in [-0.25, -0.2) is 0 Å². The van der Waals surface area contributed by atoms with Crippen molar-refractivity contribution in [3.05, 3.63) is 41.0 Å². The van der Waals surface area contributed by atoms with Crippen LogP contribution in [0, 0.1) is 37.0 Å². The Kier molecular flexibility index (Phi) is 5.61. The van der Waals surface area contributed by atoms with E-state index < -0.39 is 6.10 Å². The predicted molar refractivity (Wildman–Crippen MR) is 127 cm³/mol. The number of hydrogen-bond donors (Lipinski definition) is 1. The molecule has 1 N–H and O–H groups in total. The second-order valence-corrected chi connectivity index (χ2v) is 10.9. The van der Waals surface area contributed by atoms with Crippen LogP contribution in [0.25, 0.3) is 0 Å². The summed E-state index contributed by atoms with van der Waals surface area (Å²) >= 11 is 0. The van der Waals surface area contributed by atoms with Crippen LogP contribution in [0.1, 0.15) is 44.2 Å². The summed E-state index contributed by atoms with van der Waals surface area (Å²) in [4.78, 5) is 17.8. The topological polar surface area (TPSA) is 53.0 Å². The maximum Gasteiger partial charge on any atom is 0.311 e. The number of nitrogens with zero attached hydrogens (tertiary/aromatic N) is 2. The Bertz CT molecular complexity index is 919. The number of anilines is 1. The van der Waals surface area contributed by atoms with E-state index in [0.29, 0.717) is 12.5 Å². The van der Waals surface area contributed by atoms with Gasteiger partial charge < -0.3 is 14.7 Å². The molecule has 2 saturated heterocycles. The molecule has 0 aromatic heterocycles. The van der Waals surface area contributed by atoms with E-state index in [2.05, 4.69) is 61.8 Å².